The van der Waals surface area contributed by atoms with E-state index >= 15 is 0 Å². The summed E-state index contributed by atoms with van der Waals surface area (Å²) >= 11 is 3.38. The molecule has 0 spiro atoms. The van der Waals surface area contributed by atoms with Crippen LogP contribution in [0.25, 0.3) is 22.3 Å². The molecule has 11 heteroatoms. The fourth-order valence-corrected chi connectivity index (χ4v) is 6.90. The first-order valence-electron chi connectivity index (χ1n) is 10.6. The number of fused-ring (bicyclic) bond motifs is 1. The summed E-state index contributed by atoms with van der Waals surface area (Å²) < 4.78 is 56.7. The number of benzene rings is 1. The Labute approximate surface area is 207 Å². The Kier molecular flexibility index (Phi) is 6.85. The van der Waals surface area contributed by atoms with Crippen molar-refractivity contribution in [2.45, 2.75) is 29.4 Å². The zero-order chi connectivity index (χ0) is 24.6. The quantitative estimate of drug-likeness (QED) is 0.403. The maximum Gasteiger partial charge on any atom is 0.250 e. The maximum atomic E-state index is 14.0. The lowest BCUT2D eigenvalue weighted by atomic mass is 10.0. The van der Waals surface area contributed by atoms with E-state index in [1.54, 1.807) is 49.4 Å². The first-order chi connectivity index (χ1) is 16.1. The second-order valence-corrected chi connectivity index (χ2v) is 13.1. The van der Waals surface area contributed by atoms with E-state index in [0.29, 0.717) is 16.6 Å². The van der Waals surface area contributed by atoms with Gasteiger partial charge in [-0.2, -0.15) is 0 Å². The van der Waals surface area contributed by atoms with Crippen LogP contribution in [0.15, 0.2) is 76.3 Å². The van der Waals surface area contributed by atoms with Crippen LogP contribution in [0.2, 0.25) is 0 Å². The lowest BCUT2D eigenvalue weighted by molar-refractivity contribution is 0.289. The summed E-state index contributed by atoms with van der Waals surface area (Å²) in [5.41, 5.74) is 1.02. The van der Waals surface area contributed by atoms with Crippen LogP contribution in [0.1, 0.15) is 19.8 Å². The molecule has 0 fully saturated rings. The average Bonchev–Trinajstić information content (AvgIpc) is 3.22. The number of nitrogens with zero attached hydrogens (tertiary/aromatic N) is 2. The highest BCUT2D eigenvalue weighted by Crippen LogP contribution is 2.37. The fraction of sp³-hybridized carbons (Fsp3) is 0.261. The summed E-state index contributed by atoms with van der Waals surface area (Å²) in [5, 5.41) is 9.55. The van der Waals surface area contributed by atoms with Crippen molar-refractivity contribution in [3.05, 3.63) is 71.4 Å². The molecule has 34 heavy (non-hydrogen) atoms. The largest absolute Gasteiger partial charge is 0.396 e. The van der Waals surface area contributed by atoms with Crippen molar-refractivity contribution in [3.63, 3.8) is 0 Å². The van der Waals surface area contributed by atoms with Crippen molar-refractivity contribution in [2.75, 3.05) is 13.2 Å². The number of rotatable bonds is 8. The van der Waals surface area contributed by atoms with Crippen molar-refractivity contribution in [3.8, 4) is 11.3 Å². The second kappa shape index (κ2) is 9.38. The molecular formula is C23H24BrN3O5S2. The Morgan fingerprint density at radius 2 is 1.97 bits per heavy atom. The van der Waals surface area contributed by atoms with E-state index in [1.165, 1.54) is 22.3 Å². The lowest BCUT2D eigenvalue weighted by Gasteiger charge is -2.28. The summed E-state index contributed by atoms with van der Waals surface area (Å²) in [6, 6.07) is 11.3. The third kappa shape index (κ3) is 4.50. The number of sulfonamides is 1. The molecule has 0 aliphatic heterocycles. The van der Waals surface area contributed by atoms with E-state index in [0.717, 1.165) is 4.48 Å². The van der Waals surface area contributed by atoms with Crippen LogP contribution in [-0.2, 0) is 20.0 Å². The van der Waals surface area contributed by atoms with Crippen molar-refractivity contribution < 1.29 is 21.9 Å². The minimum atomic E-state index is -4.00. The molecule has 1 aliphatic rings. The van der Waals surface area contributed by atoms with E-state index in [1.807, 2.05) is 6.08 Å². The van der Waals surface area contributed by atoms with Gasteiger partial charge in [-0.05, 0) is 50.1 Å². The highest BCUT2D eigenvalue weighted by Gasteiger charge is 2.41. The second-order valence-electron chi connectivity index (χ2n) is 8.16. The normalized spacial score (nSPS) is 18.9. The molecule has 1 aromatic carbocycles. The third-order valence-corrected chi connectivity index (χ3v) is 10.1. The Balaban J connectivity index is 1.88. The number of allylic oxidation sites excluding steroid dienone is 3. The van der Waals surface area contributed by atoms with Gasteiger partial charge in [0, 0.05) is 34.8 Å². The van der Waals surface area contributed by atoms with Crippen molar-refractivity contribution in [2.24, 2.45) is 0 Å². The number of nitrogens with one attached hydrogen (secondary N) is 1. The van der Waals surface area contributed by atoms with E-state index in [9.17, 15) is 16.8 Å². The van der Waals surface area contributed by atoms with Gasteiger partial charge in [-0.25, -0.2) is 30.5 Å². The van der Waals surface area contributed by atoms with Crippen LogP contribution < -0.4 is 4.72 Å². The summed E-state index contributed by atoms with van der Waals surface area (Å²) in [7, 11) is -7.84. The standard InChI is InChI=1S/C23H24BrN3O5S2/c1-23(10-8-19(24)9-11-23)34(31,32)27-21(16-18-6-3-12-25-22(18)27)17-5-2-7-20(15-17)33(29,30)26-13-4-14-28/h2-3,5-10,12,15-16,26,28H,4,11,13-14H2,1H3. The molecule has 2 aromatic heterocycles. The van der Waals surface area contributed by atoms with E-state index in [-0.39, 0.29) is 36.5 Å². The van der Waals surface area contributed by atoms with Gasteiger partial charge in [0.15, 0.2) is 5.65 Å². The predicted molar refractivity (Wildman–Crippen MR) is 136 cm³/mol. The molecule has 8 nitrogen and oxygen atoms in total. The van der Waals surface area contributed by atoms with Crippen LogP contribution >= 0.6 is 15.9 Å². The highest BCUT2D eigenvalue weighted by atomic mass is 79.9. The number of hydrogen-bond donors (Lipinski definition) is 2. The van der Waals surface area contributed by atoms with Gasteiger partial charge in [0.25, 0.3) is 0 Å². The van der Waals surface area contributed by atoms with Gasteiger partial charge in [0.2, 0.25) is 20.0 Å². The number of hydrogen-bond acceptors (Lipinski definition) is 6. The summed E-state index contributed by atoms with van der Waals surface area (Å²) in [4.78, 5) is 4.34. The van der Waals surface area contributed by atoms with Crippen LogP contribution in [0.5, 0.6) is 0 Å². The molecule has 0 bridgehead atoms. The van der Waals surface area contributed by atoms with Crippen LogP contribution in [-0.4, -0.2) is 48.8 Å². The van der Waals surface area contributed by atoms with E-state index < -0.39 is 24.8 Å². The number of aromatic nitrogens is 2. The first-order valence-corrected chi connectivity index (χ1v) is 14.3. The maximum absolute atomic E-state index is 14.0. The Morgan fingerprint density at radius 3 is 2.68 bits per heavy atom. The van der Waals surface area contributed by atoms with Gasteiger partial charge in [0.1, 0.15) is 4.75 Å². The minimum absolute atomic E-state index is 0.000686. The molecule has 3 aromatic rings. The monoisotopic (exact) mass is 565 g/mol. The average molecular weight is 566 g/mol. The lowest BCUT2D eigenvalue weighted by Crippen LogP contribution is -2.38. The molecule has 1 aliphatic carbocycles. The van der Waals surface area contributed by atoms with Gasteiger partial charge >= 0.3 is 0 Å². The zero-order valence-corrected chi connectivity index (χ0v) is 21.6. The SMILES string of the molecule is CC1(S(=O)(=O)n2c(-c3cccc(S(=O)(=O)NCCCO)c3)cc3cccnc32)C=CC(Br)=CC1. The number of aliphatic hydroxyl groups is 1. The molecule has 0 saturated heterocycles. The zero-order valence-electron chi connectivity index (χ0n) is 18.3. The molecule has 0 saturated carbocycles. The number of halogens is 1. The topological polar surface area (TPSA) is 118 Å². The summed E-state index contributed by atoms with van der Waals surface area (Å²) in [6.45, 7) is 1.61. The van der Waals surface area contributed by atoms with Gasteiger partial charge in [-0.3, -0.25) is 0 Å². The van der Waals surface area contributed by atoms with E-state index in [2.05, 4.69) is 25.6 Å². The Morgan fingerprint density at radius 1 is 1.18 bits per heavy atom. The molecule has 1 atom stereocenters. The molecule has 4 rings (SSSR count). The highest BCUT2D eigenvalue weighted by molar-refractivity contribution is 9.11. The van der Waals surface area contributed by atoms with Gasteiger partial charge in [0.05, 0.1) is 10.6 Å². The molecule has 1 unspecified atom stereocenters. The van der Waals surface area contributed by atoms with Crippen LogP contribution in [0.3, 0.4) is 0 Å². The van der Waals surface area contributed by atoms with Crippen LogP contribution in [0, 0.1) is 0 Å². The summed E-state index contributed by atoms with van der Waals surface area (Å²) in [5.74, 6) is 0. The Hall–Kier alpha value is -2.31. The predicted octanol–water partition coefficient (Wildman–Crippen LogP) is 3.54. The minimum Gasteiger partial charge on any atom is -0.396 e. The smallest absolute Gasteiger partial charge is 0.250 e. The molecule has 2 N–H and O–H groups in total. The van der Waals surface area contributed by atoms with E-state index in [4.69, 9.17) is 5.11 Å². The molecule has 180 valence electrons. The molecular weight excluding hydrogens is 542 g/mol. The van der Waals surface area contributed by atoms with Crippen molar-refractivity contribution in [1.82, 2.24) is 13.7 Å². The molecule has 2 heterocycles. The number of pyridine rings is 1. The Bertz CT molecular complexity index is 1510. The third-order valence-electron chi connectivity index (χ3n) is 5.71. The fourth-order valence-electron chi connectivity index (χ4n) is 3.74. The van der Waals surface area contributed by atoms with Crippen molar-refractivity contribution in [1.29, 1.82) is 0 Å². The number of aliphatic hydroxyl groups excluding tert-OH is 1. The van der Waals surface area contributed by atoms with Gasteiger partial charge in [-0.1, -0.05) is 46.3 Å². The van der Waals surface area contributed by atoms with Gasteiger partial charge < -0.3 is 5.11 Å². The van der Waals surface area contributed by atoms with Crippen LogP contribution in [0.4, 0.5) is 0 Å². The van der Waals surface area contributed by atoms with Gasteiger partial charge in [-0.15, -0.1) is 0 Å². The molecule has 0 radical (unpaired) electrons. The first kappa shape index (κ1) is 24.8. The van der Waals surface area contributed by atoms with Crippen molar-refractivity contribution >= 4 is 47.0 Å². The molecule has 0 amide bonds. The summed E-state index contributed by atoms with van der Waals surface area (Å²) in [6.07, 6.45) is 7.25.